The highest BCUT2D eigenvalue weighted by atomic mass is 32.2. The average molecular weight is 251 g/mol. The predicted molar refractivity (Wildman–Crippen MR) is 73.9 cm³/mol. The van der Waals surface area contributed by atoms with Crippen molar-refractivity contribution >= 4 is 11.8 Å². The third-order valence-electron chi connectivity index (χ3n) is 3.19. The van der Waals surface area contributed by atoms with Gasteiger partial charge in [-0.1, -0.05) is 25.1 Å². The molecule has 0 saturated heterocycles. The van der Waals surface area contributed by atoms with E-state index in [9.17, 15) is 0 Å². The van der Waals surface area contributed by atoms with Crippen molar-refractivity contribution < 1.29 is 4.74 Å². The third-order valence-corrected chi connectivity index (χ3v) is 4.40. The van der Waals surface area contributed by atoms with E-state index in [0.717, 1.165) is 19.8 Å². The summed E-state index contributed by atoms with van der Waals surface area (Å²) < 4.78 is 5.60. The number of thioether (sulfide) groups is 1. The van der Waals surface area contributed by atoms with Gasteiger partial charge in [-0.3, -0.25) is 0 Å². The van der Waals surface area contributed by atoms with Gasteiger partial charge in [-0.15, -0.1) is 11.8 Å². The minimum Gasteiger partial charge on any atom is -0.380 e. The van der Waals surface area contributed by atoms with E-state index in [4.69, 9.17) is 4.74 Å². The molecule has 17 heavy (non-hydrogen) atoms. The largest absolute Gasteiger partial charge is 0.380 e. The van der Waals surface area contributed by atoms with Gasteiger partial charge >= 0.3 is 0 Å². The summed E-state index contributed by atoms with van der Waals surface area (Å²) in [6, 6.07) is 9.19. The molecule has 3 heteroatoms. The molecule has 1 aliphatic heterocycles. The molecule has 2 rings (SSSR count). The van der Waals surface area contributed by atoms with Crippen LogP contribution in [0.15, 0.2) is 29.2 Å². The Hall–Kier alpha value is -0.510. The van der Waals surface area contributed by atoms with Gasteiger partial charge in [-0.25, -0.2) is 0 Å². The molecule has 0 fully saturated rings. The first-order valence-electron chi connectivity index (χ1n) is 6.39. The maximum atomic E-state index is 5.60. The summed E-state index contributed by atoms with van der Waals surface area (Å²) in [5.74, 6) is 1.76. The maximum Gasteiger partial charge on any atom is 0.0625 e. The zero-order valence-electron chi connectivity index (χ0n) is 10.6. The number of nitrogens with one attached hydrogen (secondary N) is 1. The molecule has 2 unspecified atom stereocenters. The minimum absolute atomic E-state index is 0.441. The zero-order chi connectivity index (χ0) is 12.1. The molecule has 0 amide bonds. The number of benzene rings is 1. The molecule has 0 bridgehead atoms. The second-order valence-corrected chi connectivity index (χ2v) is 5.34. The number of rotatable bonds is 6. The fraction of sp³-hybridized carbons (Fsp3) is 0.571. The smallest absolute Gasteiger partial charge is 0.0625 e. The Balaban J connectivity index is 2.09. The first-order chi connectivity index (χ1) is 8.36. The van der Waals surface area contributed by atoms with E-state index in [-0.39, 0.29) is 0 Å². The van der Waals surface area contributed by atoms with Crippen LogP contribution in [0.25, 0.3) is 0 Å². The number of fused-ring (bicyclic) bond motifs is 1. The quantitative estimate of drug-likeness (QED) is 0.840. The Bertz CT molecular complexity index is 356. The lowest BCUT2D eigenvalue weighted by Gasteiger charge is -2.24. The lowest BCUT2D eigenvalue weighted by molar-refractivity contribution is 0.117. The molecule has 1 aromatic rings. The topological polar surface area (TPSA) is 21.3 Å². The van der Waals surface area contributed by atoms with Crippen LogP contribution in [0.3, 0.4) is 0 Å². The van der Waals surface area contributed by atoms with Crippen LogP contribution < -0.4 is 5.32 Å². The van der Waals surface area contributed by atoms with Crippen LogP contribution >= 0.6 is 11.8 Å². The number of ether oxygens (including phenoxy) is 1. The van der Waals surface area contributed by atoms with Crippen molar-refractivity contribution in [1.29, 1.82) is 0 Å². The van der Waals surface area contributed by atoms with Crippen LogP contribution in [0.4, 0.5) is 0 Å². The van der Waals surface area contributed by atoms with Crippen molar-refractivity contribution in [3.05, 3.63) is 29.8 Å². The summed E-state index contributed by atoms with van der Waals surface area (Å²) in [6.45, 7) is 6.82. The highest BCUT2D eigenvalue weighted by Gasteiger charge is 2.29. The van der Waals surface area contributed by atoms with Gasteiger partial charge in [0.1, 0.15) is 0 Å². The summed E-state index contributed by atoms with van der Waals surface area (Å²) in [5, 5.41) is 3.56. The SMILES string of the molecule is CCNC(COCC)C1CSc2ccccc21. The Kier molecular flexibility index (Phi) is 4.89. The number of hydrogen-bond donors (Lipinski definition) is 1. The molecule has 0 aliphatic carbocycles. The van der Waals surface area contributed by atoms with Gasteiger partial charge in [0, 0.05) is 29.2 Å². The third kappa shape index (κ3) is 3.03. The standard InChI is InChI=1S/C14H21NOS/c1-3-15-13(9-16-4-2)12-10-17-14-8-6-5-7-11(12)14/h5-8,12-13,15H,3-4,9-10H2,1-2H3. The van der Waals surface area contributed by atoms with Crippen LogP contribution in [0.2, 0.25) is 0 Å². The van der Waals surface area contributed by atoms with Crippen LogP contribution in [-0.2, 0) is 4.74 Å². The summed E-state index contributed by atoms with van der Waals surface area (Å²) in [7, 11) is 0. The van der Waals surface area contributed by atoms with Gasteiger partial charge in [0.2, 0.25) is 0 Å². The molecule has 0 saturated carbocycles. The summed E-state index contributed by atoms with van der Waals surface area (Å²) in [5.41, 5.74) is 1.49. The molecule has 94 valence electrons. The molecular formula is C14H21NOS. The normalized spacial score (nSPS) is 20.2. The van der Waals surface area contributed by atoms with Crippen LogP contribution in [-0.4, -0.2) is 31.6 Å². The fourth-order valence-corrected chi connectivity index (χ4v) is 3.68. The first-order valence-corrected chi connectivity index (χ1v) is 7.38. The summed E-state index contributed by atoms with van der Waals surface area (Å²) in [4.78, 5) is 1.44. The van der Waals surface area contributed by atoms with Gasteiger partial charge < -0.3 is 10.1 Å². The molecule has 0 spiro atoms. The van der Waals surface area contributed by atoms with Gasteiger partial charge in [0.05, 0.1) is 6.61 Å². The second kappa shape index (κ2) is 6.43. The van der Waals surface area contributed by atoms with Gasteiger partial charge in [-0.05, 0) is 25.1 Å². The van der Waals surface area contributed by atoms with Crippen molar-refractivity contribution in [2.24, 2.45) is 0 Å². The van der Waals surface area contributed by atoms with Crippen LogP contribution in [0.5, 0.6) is 0 Å². The van der Waals surface area contributed by atoms with Crippen LogP contribution in [0, 0.1) is 0 Å². The Morgan fingerprint density at radius 3 is 3.00 bits per heavy atom. The zero-order valence-corrected chi connectivity index (χ0v) is 11.4. The molecule has 1 aliphatic rings. The molecule has 1 aromatic carbocycles. The Morgan fingerprint density at radius 1 is 1.41 bits per heavy atom. The van der Waals surface area contributed by atoms with Gasteiger partial charge in [0.25, 0.3) is 0 Å². The molecule has 1 heterocycles. The maximum absolute atomic E-state index is 5.60. The second-order valence-electron chi connectivity index (χ2n) is 4.28. The van der Waals surface area contributed by atoms with Crippen molar-refractivity contribution in [3.63, 3.8) is 0 Å². The van der Waals surface area contributed by atoms with Gasteiger partial charge in [-0.2, -0.15) is 0 Å². The molecule has 0 aromatic heterocycles. The lowest BCUT2D eigenvalue weighted by Crippen LogP contribution is -2.39. The Morgan fingerprint density at radius 2 is 2.24 bits per heavy atom. The van der Waals surface area contributed by atoms with E-state index < -0.39 is 0 Å². The van der Waals surface area contributed by atoms with E-state index in [2.05, 4.69) is 43.4 Å². The predicted octanol–water partition coefficient (Wildman–Crippen LogP) is 2.89. The highest BCUT2D eigenvalue weighted by molar-refractivity contribution is 7.99. The van der Waals surface area contributed by atoms with E-state index >= 15 is 0 Å². The molecular weight excluding hydrogens is 230 g/mol. The fourth-order valence-electron chi connectivity index (χ4n) is 2.34. The van der Waals surface area contributed by atoms with Crippen molar-refractivity contribution in [2.45, 2.75) is 30.7 Å². The van der Waals surface area contributed by atoms with Crippen molar-refractivity contribution in [1.82, 2.24) is 5.32 Å². The van der Waals surface area contributed by atoms with E-state index in [1.807, 2.05) is 11.8 Å². The van der Waals surface area contributed by atoms with E-state index in [1.165, 1.54) is 16.2 Å². The van der Waals surface area contributed by atoms with Crippen molar-refractivity contribution in [2.75, 3.05) is 25.5 Å². The minimum atomic E-state index is 0.441. The molecule has 0 radical (unpaired) electrons. The highest BCUT2D eigenvalue weighted by Crippen LogP contribution is 2.41. The summed E-state index contributed by atoms with van der Waals surface area (Å²) >= 11 is 1.97. The monoisotopic (exact) mass is 251 g/mol. The van der Waals surface area contributed by atoms with E-state index in [0.29, 0.717) is 12.0 Å². The first kappa shape index (κ1) is 12.9. The van der Waals surface area contributed by atoms with Crippen molar-refractivity contribution in [3.8, 4) is 0 Å². The number of likely N-dealkylation sites (N-methyl/N-ethyl adjacent to an activating group) is 1. The lowest BCUT2D eigenvalue weighted by atomic mass is 9.94. The Labute approximate surface area is 108 Å². The molecule has 2 nitrogen and oxygen atoms in total. The van der Waals surface area contributed by atoms with Gasteiger partial charge in [0.15, 0.2) is 0 Å². The molecule has 2 atom stereocenters. The average Bonchev–Trinajstić information content (AvgIpc) is 2.78. The summed E-state index contributed by atoms with van der Waals surface area (Å²) in [6.07, 6.45) is 0. The number of hydrogen-bond acceptors (Lipinski definition) is 3. The van der Waals surface area contributed by atoms with E-state index in [1.54, 1.807) is 0 Å². The molecule has 1 N–H and O–H groups in total. The van der Waals surface area contributed by atoms with Crippen LogP contribution in [0.1, 0.15) is 25.3 Å².